The molecule has 0 aromatic carbocycles. The van der Waals surface area contributed by atoms with Crippen molar-refractivity contribution < 1.29 is 9.53 Å². The van der Waals surface area contributed by atoms with Crippen molar-refractivity contribution in [1.29, 1.82) is 0 Å². The molecule has 3 aliphatic rings. The second kappa shape index (κ2) is 8.71. The van der Waals surface area contributed by atoms with Crippen LogP contribution in [-0.2, 0) is 16.1 Å². The maximum Gasteiger partial charge on any atom is 0.240 e. The van der Waals surface area contributed by atoms with Crippen molar-refractivity contribution >= 4 is 5.91 Å². The number of carbonyl (C=O) groups excluding carboxylic acids is 1. The van der Waals surface area contributed by atoms with Gasteiger partial charge in [-0.05, 0) is 58.3 Å². The summed E-state index contributed by atoms with van der Waals surface area (Å²) in [7, 11) is 2.17. The van der Waals surface area contributed by atoms with Gasteiger partial charge in [-0.15, -0.1) is 0 Å². The number of ether oxygens (including phenoxy) is 1. The Morgan fingerprint density at radius 2 is 1.89 bits per heavy atom. The van der Waals surface area contributed by atoms with Crippen molar-refractivity contribution in [3.8, 4) is 0 Å². The number of amides is 1. The Kier molecular flexibility index (Phi) is 6.10. The van der Waals surface area contributed by atoms with E-state index < -0.39 is 0 Å². The van der Waals surface area contributed by atoms with Crippen molar-refractivity contribution in [2.45, 2.75) is 56.8 Å². The van der Waals surface area contributed by atoms with Gasteiger partial charge in [-0.1, -0.05) is 0 Å². The molecule has 1 atom stereocenters. The van der Waals surface area contributed by atoms with E-state index >= 15 is 0 Å². The van der Waals surface area contributed by atoms with Crippen LogP contribution in [-0.4, -0.2) is 95.0 Å². The maximum atomic E-state index is 13.0. The van der Waals surface area contributed by atoms with E-state index in [9.17, 15) is 4.79 Å². The number of hydrogen-bond acceptors (Lipinski definition) is 5. The summed E-state index contributed by atoms with van der Waals surface area (Å²) in [4.78, 5) is 20.1. The molecule has 7 nitrogen and oxygen atoms in total. The molecule has 0 bridgehead atoms. The van der Waals surface area contributed by atoms with Crippen LogP contribution >= 0.6 is 0 Å². The molecule has 3 saturated heterocycles. The highest BCUT2D eigenvalue weighted by Gasteiger charge is 2.40. The molecule has 4 rings (SSSR count). The van der Waals surface area contributed by atoms with Gasteiger partial charge in [0.25, 0.3) is 0 Å². The Bertz CT molecular complexity index is 594. The average Bonchev–Trinajstić information content (AvgIpc) is 3.37. The van der Waals surface area contributed by atoms with Crippen molar-refractivity contribution in [3.63, 3.8) is 0 Å². The van der Waals surface area contributed by atoms with E-state index in [-0.39, 0.29) is 6.04 Å². The first-order chi connectivity index (χ1) is 13.2. The van der Waals surface area contributed by atoms with Crippen LogP contribution in [0.25, 0.3) is 0 Å². The van der Waals surface area contributed by atoms with Crippen LogP contribution in [0.4, 0.5) is 0 Å². The van der Waals surface area contributed by atoms with E-state index in [4.69, 9.17) is 4.74 Å². The summed E-state index contributed by atoms with van der Waals surface area (Å²) in [5, 5.41) is 4.28. The maximum absolute atomic E-state index is 13.0. The van der Waals surface area contributed by atoms with E-state index in [0.29, 0.717) is 18.0 Å². The average molecular weight is 376 g/mol. The number of aromatic nitrogens is 2. The Morgan fingerprint density at radius 1 is 1.11 bits per heavy atom. The lowest BCUT2D eigenvalue weighted by atomic mass is 10.0. The van der Waals surface area contributed by atoms with Crippen LogP contribution in [0.5, 0.6) is 0 Å². The zero-order valence-electron chi connectivity index (χ0n) is 16.5. The highest BCUT2D eigenvalue weighted by molar-refractivity contribution is 5.84. The molecule has 0 spiro atoms. The fourth-order valence-corrected chi connectivity index (χ4v) is 4.90. The number of rotatable bonds is 6. The number of piperidine rings is 1. The Balaban J connectivity index is 1.24. The topological polar surface area (TPSA) is 53.8 Å². The third-order valence-corrected chi connectivity index (χ3v) is 6.67. The minimum absolute atomic E-state index is 0.0773. The second-order valence-electron chi connectivity index (χ2n) is 8.19. The zero-order valence-corrected chi connectivity index (χ0v) is 16.5. The first-order valence-electron chi connectivity index (χ1n) is 10.5. The molecule has 3 aliphatic heterocycles. The molecule has 3 fully saturated rings. The van der Waals surface area contributed by atoms with Crippen molar-refractivity contribution in [2.75, 3.05) is 46.4 Å². The molecular formula is C20H33N5O2. The summed E-state index contributed by atoms with van der Waals surface area (Å²) in [6.07, 6.45) is 9.13. The first kappa shape index (κ1) is 18.9. The Hall–Kier alpha value is -1.44. The van der Waals surface area contributed by atoms with Gasteiger partial charge >= 0.3 is 0 Å². The molecule has 0 saturated carbocycles. The SMILES string of the molecule is CN(C1CCN(CCn2cccn2)CC1)C1CCN(C2CCOCC2)C1=O. The molecule has 0 radical (unpaired) electrons. The van der Waals surface area contributed by atoms with Crippen LogP contribution in [0.1, 0.15) is 32.1 Å². The normalized spacial score (nSPS) is 26.4. The summed E-state index contributed by atoms with van der Waals surface area (Å²) in [6, 6.07) is 2.97. The molecule has 0 N–H and O–H groups in total. The van der Waals surface area contributed by atoms with Crippen molar-refractivity contribution in [2.24, 2.45) is 0 Å². The summed E-state index contributed by atoms with van der Waals surface area (Å²) in [5.41, 5.74) is 0. The number of nitrogens with zero attached hydrogens (tertiary/aromatic N) is 5. The van der Waals surface area contributed by atoms with Crippen molar-refractivity contribution in [1.82, 2.24) is 24.5 Å². The molecule has 4 heterocycles. The zero-order chi connectivity index (χ0) is 18.6. The van der Waals surface area contributed by atoms with Gasteiger partial charge in [0, 0.05) is 50.8 Å². The van der Waals surface area contributed by atoms with Gasteiger partial charge in [0.05, 0.1) is 12.6 Å². The van der Waals surface area contributed by atoms with Gasteiger partial charge in [0.1, 0.15) is 0 Å². The number of carbonyl (C=O) groups is 1. The predicted octanol–water partition coefficient (Wildman–Crippen LogP) is 1.06. The van der Waals surface area contributed by atoms with Crippen LogP contribution in [0, 0.1) is 0 Å². The molecule has 150 valence electrons. The summed E-state index contributed by atoms with van der Waals surface area (Å²) >= 11 is 0. The third kappa shape index (κ3) is 4.36. The first-order valence-corrected chi connectivity index (χ1v) is 10.5. The molecule has 1 amide bonds. The van der Waals surface area contributed by atoms with Gasteiger partial charge in [-0.2, -0.15) is 5.10 Å². The number of likely N-dealkylation sites (tertiary alicyclic amines) is 2. The monoisotopic (exact) mass is 375 g/mol. The lowest BCUT2D eigenvalue weighted by Gasteiger charge is -2.39. The molecule has 1 aromatic rings. The molecule has 0 aliphatic carbocycles. The van der Waals surface area contributed by atoms with Gasteiger partial charge in [0.2, 0.25) is 5.91 Å². The quantitative estimate of drug-likeness (QED) is 0.744. The fraction of sp³-hybridized carbons (Fsp3) is 0.800. The van der Waals surface area contributed by atoms with E-state index in [0.717, 1.165) is 78.0 Å². The fourth-order valence-electron chi connectivity index (χ4n) is 4.90. The molecule has 1 unspecified atom stereocenters. The van der Waals surface area contributed by atoms with Gasteiger partial charge in [-0.3, -0.25) is 14.4 Å². The van der Waals surface area contributed by atoms with Gasteiger partial charge in [0.15, 0.2) is 0 Å². The summed E-state index contributed by atoms with van der Waals surface area (Å²) in [6.45, 7) is 6.74. The van der Waals surface area contributed by atoms with Crippen LogP contribution in [0.15, 0.2) is 18.5 Å². The standard InChI is InChI=1S/C20H33N5O2/c1-22(19-5-12-25(20(19)26)18-6-15-27-16-7-18)17-3-10-23(11-4-17)13-14-24-9-2-8-21-24/h2,8-9,17-19H,3-7,10-16H2,1H3. The van der Waals surface area contributed by atoms with E-state index in [1.807, 2.05) is 23.1 Å². The largest absolute Gasteiger partial charge is 0.381 e. The third-order valence-electron chi connectivity index (χ3n) is 6.67. The smallest absolute Gasteiger partial charge is 0.240 e. The predicted molar refractivity (Wildman–Crippen MR) is 103 cm³/mol. The molecule has 1 aromatic heterocycles. The number of likely N-dealkylation sites (N-methyl/N-ethyl adjacent to an activating group) is 1. The Labute approximate surface area is 162 Å². The van der Waals surface area contributed by atoms with Crippen LogP contribution < -0.4 is 0 Å². The lowest BCUT2D eigenvalue weighted by molar-refractivity contribution is -0.136. The minimum Gasteiger partial charge on any atom is -0.381 e. The highest BCUT2D eigenvalue weighted by atomic mass is 16.5. The van der Waals surface area contributed by atoms with Crippen LogP contribution in [0.2, 0.25) is 0 Å². The molecular weight excluding hydrogens is 342 g/mol. The van der Waals surface area contributed by atoms with E-state index in [1.54, 1.807) is 0 Å². The molecule has 7 heteroatoms. The Morgan fingerprint density at radius 3 is 2.59 bits per heavy atom. The number of hydrogen-bond donors (Lipinski definition) is 0. The summed E-state index contributed by atoms with van der Waals surface area (Å²) in [5.74, 6) is 0.352. The van der Waals surface area contributed by atoms with Gasteiger partial charge in [-0.25, -0.2) is 0 Å². The minimum atomic E-state index is 0.0773. The van der Waals surface area contributed by atoms with Crippen LogP contribution in [0.3, 0.4) is 0 Å². The lowest BCUT2D eigenvalue weighted by Crippen LogP contribution is -2.51. The molecule has 27 heavy (non-hydrogen) atoms. The summed E-state index contributed by atoms with van der Waals surface area (Å²) < 4.78 is 7.46. The highest BCUT2D eigenvalue weighted by Crippen LogP contribution is 2.27. The second-order valence-corrected chi connectivity index (χ2v) is 8.19. The van der Waals surface area contributed by atoms with Crippen molar-refractivity contribution in [3.05, 3.63) is 18.5 Å². The van der Waals surface area contributed by atoms with E-state index in [1.165, 1.54) is 0 Å². The van der Waals surface area contributed by atoms with E-state index in [2.05, 4.69) is 26.8 Å². The van der Waals surface area contributed by atoms with Gasteiger partial charge < -0.3 is 14.5 Å².